The van der Waals surface area contributed by atoms with Crippen molar-refractivity contribution in [3.8, 4) is 0 Å². The maximum atomic E-state index is 12.7. The van der Waals surface area contributed by atoms with Gasteiger partial charge in [0.1, 0.15) is 5.60 Å². The number of nitrogens with zero attached hydrogens (tertiary/aromatic N) is 2. The number of aromatic nitrogens is 2. The number of anilines is 1. The fraction of sp³-hybridized carbons (Fsp3) is 0.550. The van der Waals surface area contributed by atoms with Crippen molar-refractivity contribution in [2.45, 2.75) is 70.4 Å². The molecule has 1 aromatic heterocycles. The molecule has 29 heavy (non-hydrogen) atoms. The maximum Gasteiger partial charge on any atom is 0.263 e. The summed E-state index contributed by atoms with van der Waals surface area (Å²) in [5.41, 5.74) is 1.76. The Morgan fingerprint density at radius 3 is 2.03 bits per heavy atom. The lowest BCUT2D eigenvalue weighted by molar-refractivity contribution is 0.0695. The van der Waals surface area contributed by atoms with Gasteiger partial charge in [0.25, 0.3) is 10.0 Å². The van der Waals surface area contributed by atoms with Gasteiger partial charge in [0.05, 0.1) is 5.69 Å². The Bertz CT molecular complexity index is 933. The van der Waals surface area contributed by atoms with E-state index in [2.05, 4.69) is 15.1 Å². The Hall–Kier alpha value is -1.94. The summed E-state index contributed by atoms with van der Waals surface area (Å²) >= 11 is 0. The summed E-state index contributed by atoms with van der Waals surface area (Å²) in [7, 11) is -2.56. The third-order valence-corrected chi connectivity index (χ3v) is 5.96. The third-order valence-electron chi connectivity index (χ3n) is 4.68. The van der Waals surface area contributed by atoms with Gasteiger partial charge in [0.2, 0.25) is 0 Å². The first kappa shape index (κ1) is 23.3. The van der Waals surface area contributed by atoms with Gasteiger partial charge in [0, 0.05) is 18.8 Å². The topological polar surface area (TPSA) is 116 Å². The molecule has 0 radical (unpaired) electrons. The Morgan fingerprint density at radius 1 is 1.10 bits per heavy atom. The highest BCUT2D eigenvalue weighted by Gasteiger charge is 2.28. The fourth-order valence-electron chi connectivity index (χ4n) is 3.24. The summed E-state index contributed by atoms with van der Waals surface area (Å²) in [6, 6.07) is 7.15. The van der Waals surface area contributed by atoms with Crippen LogP contribution < -0.4 is 10.0 Å². The number of para-hydroxylation sites is 1. The first-order valence-corrected chi connectivity index (χ1v) is 11.1. The molecule has 0 amide bonds. The fourth-order valence-corrected chi connectivity index (χ4v) is 4.21. The van der Waals surface area contributed by atoms with Crippen molar-refractivity contribution in [1.29, 1.82) is 0 Å². The lowest BCUT2D eigenvalue weighted by Crippen LogP contribution is -2.41. The average Bonchev–Trinajstić information content (AvgIpc) is 2.97. The van der Waals surface area contributed by atoms with Crippen LogP contribution in [-0.4, -0.2) is 34.8 Å². The summed E-state index contributed by atoms with van der Waals surface area (Å²) < 4.78 is 28.9. The monoisotopic (exact) mass is 424 g/mol. The summed E-state index contributed by atoms with van der Waals surface area (Å²) in [6.45, 7) is 11.2. The van der Waals surface area contributed by atoms with Crippen LogP contribution in [0.2, 0.25) is 0 Å². The minimum atomic E-state index is -4.11. The van der Waals surface area contributed by atoms with E-state index in [0.29, 0.717) is 11.4 Å². The lowest BCUT2D eigenvalue weighted by atomic mass is 9.93. The van der Waals surface area contributed by atoms with Crippen molar-refractivity contribution >= 4 is 15.7 Å². The van der Waals surface area contributed by atoms with Gasteiger partial charge in [-0.2, -0.15) is 9.82 Å². The first-order valence-electron chi connectivity index (χ1n) is 9.60. The zero-order valence-corrected chi connectivity index (χ0v) is 18.9. The zero-order valence-electron chi connectivity index (χ0n) is 18.1. The number of aliphatic hydroxyl groups is 2. The van der Waals surface area contributed by atoms with Crippen molar-refractivity contribution < 1.29 is 18.6 Å². The standard InChI is InChI=1S/C20H32N4O4S/c1-12(2)14-9-8-10-15(13(3)4)18(14)21-19(25)23-29(27,28)17-11-16(20(5,6)26)24(7)22-17/h8-13,19,21,23,25-26H,1-7H3. The van der Waals surface area contributed by atoms with Crippen molar-refractivity contribution in [2.24, 2.45) is 7.05 Å². The van der Waals surface area contributed by atoms with E-state index in [1.807, 2.05) is 45.9 Å². The van der Waals surface area contributed by atoms with E-state index < -0.39 is 22.0 Å². The molecule has 0 aliphatic rings. The van der Waals surface area contributed by atoms with Crippen LogP contribution in [0.15, 0.2) is 29.3 Å². The van der Waals surface area contributed by atoms with Crippen molar-refractivity contribution in [3.63, 3.8) is 0 Å². The molecule has 0 bridgehead atoms. The number of nitrogens with one attached hydrogen (secondary N) is 2. The number of rotatable bonds is 8. The van der Waals surface area contributed by atoms with Crippen LogP contribution in [0.4, 0.5) is 5.69 Å². The molecule has 0 fully saturated rings. The Balaban J connectivity index is 2.31. The molecule has 9 heteroatoms. The van der Waals surface area contributed by atoms with Crippen LogP contribution in [0.25, 0.3) is 0 Å². The van der Waals surface area contributed by atoms with Crippen molar-refractivity contribution in [1.82, 2.24) is 14.5 Å². The molecule has 162 valence electrons. The first-order chi connectivity index (χ1) is 13.2. The summed E-state index contributed by atoms with van der Waals surface area (Å²) in [5, 5.41) is 27.2. The summed E-state index contributed by atoms with van der Waals surface area (Å²) in [6.07, 6.45) is -1.55. The number of aryl methyl sites for hydroxylation is 1. The van der Waals surface area contributed by atoms with Gasteiger partial charge in [-0.25, -0.2) is 8.42 Å². The molecule has 8 nitrogen and oxygen atoms in total. The normalized spacial score (nSPS) is 13.9. The Labute approximate surface area is 173 Å². The molecule has 0 spiro atoms. The van der Waals surface area contributed by atoms with Gasteiger partial charge >= 0.3 is 0 Å². The van der Waals surface area contributed by atoms with Crippen LogP contribution >= 0.6 is 0 Å². The van der Waals surface area contributed by atoms with Crippen LogP contribution in [0, 0.1) is 0 Å². The molecule has 1 unspecified atom stereocenters. The van der Waals surface area contributed by atoms with Crippen LogP contribution in [0.1, 0.15) is 70.2 Å². The second kappa shape index (κ2) is 8.43. The second-order valence-corrected chi connectivity index (χ2v) is 10.0. The van der Waals surface area contributed by atoms with E-state index in [1.165, 1.54) is 10.7 Å². The minimum absolute atomic E-state index is 0.185. The van der Waals surface area contributed by atoms with E-state index >= 15 is 0 Å². The number of aliphatic hydroxyl groups excluding tert-OH is 1. The highest BCUT2D eigenvalue weighted by Crippen LogP contribution is 2.32. The highest BCUT2D eigenvalue weighted by molar-refractivity contribution is 7.89. The van der Waals surface area contributed by atoms with E-state index in [-0.39, 0.29) is 16.9 Å². The minimum Gasteiger partial charge on any atom is -0.384 e. The van der Waals surface area contributed by atoms with Gasteiger partial charge in [-0.15, -0.1) is 0 Å². The van der Waals surface area contributed by atoms with Crippen molar-refractivity contribution in [2.75, 3.05) is 5.32 Å². The molecule has 0 aliphatic heterocycles. The molecule has 1 aromatic carbocycles. The molecule has 1 atom stereocenters. The molecule has 1 heterocycles. The number of benzene rings is 1. The van der Waals surface area contributed by atoms with E-state index in [0.717, 1.165) is 11.1 Å². The molecule has 0 aliphatic carbocycles. The number of hydrogen-bond donors (Lipinski definition) is 4. The molecule has 0 saturated carbocycles. The molecule has 2 aromatic rings. The average molecular weight is 425 g/mol. The van der Waals surface area contributed by atoms with Gasteiger partial charge in [-0.05, 0) is 36.8 Å². The Morgan fingerprint density at radius 2 is 1.62 bits per heavy atom. The quantitative estimate of drug-likeness (QED) is 0.484. The van der Waals surface area contributed by atoms with Gasteiger partial charge in [-0.3, -0.25) is 4.68 Å². The third kappa shape index (κ3) is 5.36. The smallest absolute Gasteiger partial charge is 0.263 e. The van der Waals surface area contributed by atoms with E-state index in [1.54, 1.807) is 20.9 Å². The largest absolute Gasteiger partial charge is 0.384 e. The molecule has 0 saturated heterocycles. The maximum absolute atomic E-state index is 12.7. The highest BCUT2D eigenvalue weighted by atomic mass is 32.2. The number of hydrogen-bond acceptors (Lipinski definition) is 6. The van der Waals surface area contributed by atoms with Gasteiger partial charge in [-0.1, -0.05) is 45.9 Å². The molecule has 2 rings (SSSR count). The second-order valence-electron chi connectivity index (χ2n) is 8.34. The predicted molar refractivity (Wildman–Crippen MR) is 113 cm³/mol. The van der Waals surface area contributed by atoms with Crippen LogP contribution in [0.3, 0.4) is 0 Å². The SMILES string of the molecule is CC(C)c1cccc(C(C)C)c1NC(O)NS(=O)(=O)c1cc(C(C)(C)O)n(C)n1. The molecule has 4 N–H and O–H groups in total. The van der Waals surface area contributed by atoms with E-state index in [4.69, 9.17) is 0 Å². The predicted octanol–water partition coefficient (Wildman–Crippen LogP) is 2.56. The molecular weight excluding hydrogens is 392 g/mol. The molecular formula is C20H32N4O4S. The number of sulfonamides is 1. The zero-order chi connectivity index (χ0) is 22.1. The van der Waals surface area contributed by atoms with Crippen LogP contribution in [-0.2, 0) is 22.7 Å². The van der Waals surface area contributed by atoms with Gasteiger partial charge in [0.15, 0.2) is 11.4 Å². The Kier molecular flexibility index (Phi) is 6.79. The van der Waals surface area contributed by atoms with E-state index in [9.17, 15) is 18.6 Å². The van der Waals surface area contributed by atoms with Crippen molar-refractivity contribution in [3.05, 3.63) is 41.1 Å². The summed E-state index contributed by atoms with van der Waals surface area (Å²) in [4.78, 5) is 0. The lowest BCUT2D eigenvalue weighted by Gasteiger charge is -2.23. The van der Waals surface area contributed by atoms with Gasteiger partial charge < -0.3 is 15.5 Å². The van der Waals surface area contributed by atoms with Crippen LogP contribution in [0.5, 0.6) is 0 Å². The summed E-state index contributed by atoms with van der Waals surface area (Å²) in [5.74, 6) is 0.371.